The lowest BCUT2D eigenvalue weighted by Crippen LogP contribution is -2.50. The van der Waals surface area contributed by atoms with Gasteiger partial charge in [-0.2, -0.15) is 5.10 Å². The molecule has 1 N–H and O–H groups in total. The first-order valence-electron chi connectivity index (χ1n) is 8.40. The number of aliphatic imine (C=N–C) groups is 1. The number of amides is 3. The molecule has 4 heterocycles. The predicted octanol–water partition coefficient (Wildman–Crippen LogP) is -0.508. The lowest BCUT2D eigenvalue weighted by molar-refractivity contribution is -0.125. The van der Waals surface area contributed by atoms with E-state index in [1.165, 1.54) is 0 Å². The number of aromatic nitrogens is 2. The van der Waals surface area contributed by atoms with Gasteiger partial charge in [-0.25, -0.2) is 0 Å². The van der Waals surface area contributed by atoms with E-state index in [-0.39, 0.29) is 23.4 Å². The second kappa shape index (κ2) is 5.40. The Labute approximate surface area is 144 Å². The molecule has 0 aromatic carbocycles. The maximum atomic E-state index is 12.7. The molecule has 4 rings (SSSR count). The molecule has 132 valence electrons. The Bertz CT molecular complexity index is 803. The molecule has 0 bridgehead atoms. The summed E-state index contributed by atoms with van der Waals surface area (Å²) in [4.78, 5) is 44.8. The van der Waals surface area contributed by atoms with Gasteiger partial charge in [0.1, 0.15) is 17.1 Å². The third-order valence-corrected chi connectivity index (χ3v) is 5.19. The van der Waals surface area contributed by atoms with Crippen LogP contribution < -0.4 is 5.32 Å². The Morgan fingerprint density at radius 1 is 1.20 bits per heavy atom. The molecule has 1 fully saturated rings. The quantitative estimate of drug-likeness (QED) is 0.742. The smallest absolute Gasteiger partial charge is 0.274 e. The fraction of sp³-hybridized carbons (Fsp3) is 0.562. The molecule has 0 atom stereocenters. The second-order valence-corrected chi connectivity index (χ2v) is 6.84. The van der Waals surface area contributed by atoms with Gasteiger partial charge in [0.2, 0.25) is 0 Å². The number of amidine groups is 1. The van der Waals surface area contributed by atoms with Crippen LogP contribution in [0.2, 0.25) is 0 Å². The largest absolute Gasteiger partial charge is 0.339 e. The molecule has 1 spiro atoms. The molecule has 3 aliphatic heterocycles. The van der Waals surface area contributed by atoms with Gasteiger partial charge in [-0.15, -0.1) is 0 Å². The summed E-state index contributed by atoms with van der Waals surface area (Å²) in [5.74, 6) is 0.228. The highest BCUT2D eigenvalue weighted by Crippen LogP contribution is 2.30. The minimum atomic E-state index is -0.729. The summed E-state index contributed by atoms with van der Waals surface area (Å²) in [6.07, 6.45) is 0.994. The van der Waals surface area contributed by atoms with Crippen LogP contribution in [0.4, 0.5) is 0 Å². The van der Waals surface area contributed by atoms with Crippen molar-refractivity contribution in [2.75, 3.05) is 26.7 Å². The number of carbonyl (C=O) groups excluding carboxylic acids is 3. The minimum Gasteiger partial charge on any atom is -0.339 e. The standard InChI is InChI=1S/C16H20N6O3/c1-10-17-15(25)16(18-10)3-5-21(6-4-16)13(23)11-9-12-14(24)20(2)7-8-22(12)19-11/h9H,3-8H2,1-2H3,(H,17,18,25). The number of likely N-dealkylation sites (tertiary alicyclic amines) is 1. The number of rotatable bonds is 1. The highest BCUT2D eigenvalue weighted by Gasteiger charge is 2.45. The molecule has 0 unspecified atom stereocenters. The van der Waals surface area contributed by atoms with Crippen LogP contribution in [-0.2, 0) is 11.3 Å². The van der Waals surface area contributed by atoms with Crippen molar-refractivity contribution in [3.05, 3.63) is 17.5 Å². The van der Waals surface area contributed by atoms with Crippen molar-refractivity contribution in [3.8, 4) is 0 Å². The van der Waals surface area contributed by atoms with Gasteiger partial charge >= 0.3 is 0 Å². The van der Waals surface area contributed by atoms with Crippen LogP contribution >= 0.6 is 0 Å². The van der Waals surface area contributed by atoms with E-state index in [2.05, 4.69) is 15.4 Å². The van der Waals surface area contributed by atoms with E-state index in [0.717, 1.165) is 0 Å². The number of hydrogen-bond acceptors (Lipinski definition) is 5. The normalized spacial score (nSPS) is 22.1. The Morgan fingerprint density at radius 2 is 1.92 bits per heavy atom. The maximum Gasteiger partial charge on any atom is 0.274 e. The number of piperidine rings is 1. The van der Waals surface area contributed by atoms with Crippen LogP contribution in [0.5, 0.6) is 0 Å². The first-order valence-corrected chi connectivity index (χ1v) is 8.40. The molecule has 3 amide bonds. The molecule has 1 saturated heterocycles. The van der Waals surface area contributed by atoms with Crippen molar-refractivity contribution in [1.82, 2.24) is 24.9 Å². The van der Waals surface area contributed by atoms with Gasteiger partial charge < -0.3 is 15.1 Å². The van der Waals surface area contributed by atoms with Crippen LogP contribution in [-0.4, -0.2) is 75.4 Å². The van der Waals surface area contributed by atoms with E-state index in [9.17, 15) is 14.4 Å². The molecule has 25 heavy (non-hydrogen) atoms. The zero-order valence-electron chi connectivity index (χ0n) is 14.3. The van der Waals surface area contributed by atoms with Crippen molar-refractivity contribution < 1.29 is 14.4 Å². The van der Waals surface area contributed by atoms with E-state index < -0.39 is 5.54 Å². The lowest BCUT2D eigenvalue weighted by atomic mass is 9.88. The molecule has 0 aliphatic carbocycles. The van der Waals surface area contributed by atoms with Gasteiger partial charge in [-0.3, -0.25) is 24.1 Å². The van der Waals surface area contributed by atoms with E-state index in [4.69, 9.17) is 0 Å². The molecule has 1 aromatic rings. The van der Waals surface area contributed by atoms with Crippen LogP contribution in [0.25, 0.3) is 0 Å². The van der Waals surface area contributed by atoms with Crippen LogP contribution in [0.1, 0.15) is 40.7 Å². The molecule has 9 heteroatoms. The number of nitrogens with one attached hydrogen (secondary N) is 1. The van der Waals surface area contributed by atoms with Crippen LogP contribution in [0.15, 0.2) is 11.1 Å². The van der Waals surface area contributed by atoms with Crippen molar-refractivity contribution in [2.24, 2.45) is 4.99 Å². The molecular weight excluding hydrogens is 324 g/mol. The fourth-order valence-corrected chi connectivity index (χ4v) is 3.67. The SMILES string of the molecule is CC1=NC2(CCN(C(=O)c3cc4n(n3)CCN(C)C4=O)CC2)C(=O)N1. The monoisotopic (exact) mass is 344 g/mol. The van der Waals surface area contributed by atoms with E-state index in [1.54, 1.807) is 34.5 Å². The van der Waals surface area contributed by atoms with Gasteiger partial charge in [0.05, 0.1) is 6.54 Å². The van der Waals surface area contributed by atoms with Gasteiger partial charge in [-0.1, -0.05) is 0 Å². The molecule has 0 saturated carbocycles. The van der Waals surface area contributed by atoms with E-state index in [0.29, 0.717) is 50.6 Å². The third kappa shape index (κ3) is 2.41. The number of nitrogens with zero attached hydrogens (tertiary/aromatic N) is 5. The summed E-state index contributed by atoms with van der Waals surface area (Å²) < 4.78 is 1.60. The zero-order valence-corrected chi connectivity index (χ0v) is 14.3. The lowest BCUT2D eigenvalue weighted by Gasteiger charge is -2.35. The van der Waals surface area contributed by atoms with Gasteiger partial charge in [0.15, 0.2) is 5.69 Å². The van der Waals surface area contributed by atoms with Crippen molar-refractivity contribution in [1.29, 1.82) is 0 Å². The molecule has 0 radical (unpaired) electrons. The Morgan fingerprint density at radius 3 is 2.56 bits per heavy atom. The average Bonchev–Trinajstić information content (AvgIpc) is 3.13. The zero-order chi connectivity index (χ0) is 17.8. The predicted molar refractivity (Wildman–Crippen MR) is 88.3 cm³/mol. The molecular formula is C16H20N6O3. The van der Waals surface area contributed by atoms with Gasteiger partial charge in [0.25, 0.3) is 17.7 Å². The molecule has 9 nitrogen and oxygen atoms in total. The summed E-state index contributed by atoms with van der Waals surface area (Å²) in [6, 6.07) is 1.56. The van der Waals surface area contributed by atoms with E-state index >= 15 is 0 Å². The Balaban J connectivity index is 1.49. The molecule has 1 aromatic heterocycles. The topological polar surface area (TPSA) is 99.9 Å². The first-order chi connectivity index (χ1) is 11.9. The van der Waals surface area contributed by atoms with Crippen molar-refractivity contribution in [2.45, 2.75) is 31.8 Å². The van der Waals surface area contributed by atoms with Crippen molar-refractivity contribution >= 4 is 23.6 Å². The summed E-state index contributed by atoms with van der Waals surface area (Å²) in [7, 11) is 1.74. The number of likely N-dealkylation sites (N-methyl/N-ethyl adjacent to an activating group) is 1. The van der Waals surface area contributed by atoms with Gasteiger partial charge in [-0.05, 0) is 19.8 Å². The number of fused-ring (bicyclic) bond motifs is 1. The highest BCUT2D eigenvalue weighted by atomic mass is 16.2. The summed E-state index contributed by atoms with van der Waals surface area (Å²) in [6.45, 7) is 3.83. The van der Waals surface area contributed by atoms with Crippen molar-refractivity contribution in [3.63, 3.8) is 0 Å². The number of carbonyl (C=O) groups is 3. The first kappa shape index (κ1) is 15.8. The third-order valence-electron chi connectivity index (χ3n) is 5.19. The molecule has 3 aliphatic rings. The van der Waals surface area contributed by atoms with Crippen LogP contribution in [0, 0.1) is 0 Å². The highest BCUT2D eigenvalue weighted by molar-refractivity contribution is 6.07. The Kier molecular flexibility index (Phi) is 3.41. The van der Waals surface area contributed by atoms with E-state index in [1.807, 2.05) is 0 Å². The fourth-order valence-electron chi connectivity index (χ4n) is 3.67. The Hall–Kier alpha value is -2.71. The average molecular weight is 344 g/mol. The number of hydrogen-bond donors (Lipinski definition) is 1. The summed E-state index contributed by atoms with van der Waals surface area (Å²) >= 11 is 0. The maximum absolute atomic E-state index is 12.7. The van der Waals surface area contributed by atoms with Gasteiger partial charge in [0, 0.05) is 32.7 Å². The van der Waals surface area contributed by atoms with Crippen LogP contribution in [0.3, 0.4) is 0 Å². The second-order valence-electron chi connectivity index (χ2n) is 6.84. The minimum absolute atomic E-state index is 0.0804. The summed E-state index contributed by atoms with van der Waals surface area (Å²) in [5, 5.41) is 7.04. The summed E-state index contributed by atoms with van der Waals surface area (Å²) in [5.41, 5.74) is -0.00129.